The maximum absolute atomic E-state index is 14.8. The Kier molecular flexibility index (Phi) is 12.7. The second kappa shape index (κ2) is 14.4. The Morgan fingerprint density at radius 3 is 2.69 bits per heavy atom. The molecule has 2 N–H and O–H groups in total. The second-order valence-electron chi connectivity index (χ2n) is 8.29. The van der Waals surface area contributed by atoms with Crippen molar-refractivity contribution in [1.29, 1.82) is 0 Å². The van der Waals surface area contributed by atoms with Gasteiger partial charge < -0.3 is 24.8 Å². The van der Waals surface area contributed by atoms with Crippen LogP contribution in [0, 0.1) is 5.41 Å². The minimum Gasteiger partial charge on any atom is -0.483 e. The molecule has 1 saturated heterocycles. The molecule has 1 aliphatic rings. The number of nitrogens with zero attached hydrogens (tertiary/aromatic N) is 3. The van der Waals surface area contributed by atoms with Gasteiger partial charge in [0.05, 0.1) is 31.6 Å². The number of ether oxygens (including phenoxy) is 3. The van der Waals surface area contributed by atoms with Crippen molar-refractivity contribution in [3.05, 3.63) is 24.2 Å². The number of nitrogens with two attached hydrogens (primary N) is 1. The summed E-state index contributed by atoms with van der Waals surface area (Å²) in [7, 11) is 3.24. The molecule has 184 valence electrons. The average Bonchev–Trinajstić information content (AvgIpc) is 2.80. The van der Waals surface area contributed by atoms with Crippen LogP contribution in [0.5, 0.6) is 0 Å². The standard InChI is InChI=1S/C24H43FN4O3/c1-8-10-13-27-23(20(25)9-2)24(5)11-14-29(16-21(24)30-6)19(4)18(3)28-22(31-7)17-32-15-12-26/h9,18,21H,4,8,10-17,26H2,1-3,5-7H3. The van der Waals surface area contributed by atoms with Gasteiger partial charge in [0.25, 0.3) is 0 Å². The highest BCUT2D eigenvalue weighted by molar-refractivity contribution is 6.03. The van der Waals surface area contributed by atoms with Crippen LogP contribution in [-0.4, -0.2) is 82.3 Å². The monoisotopic (exact) mass is 454 g/mol. The summed E-state index contributed by atoms with van der Waals surface area (Å²) in [6.07, 6.45) is 3.91. The molecule has 0 aromatic carbocycles. The highest BCUT2D eigenvalue weighted by Gasteiger charge is 2.45. The zero-order chi connectivity index (χ0) is 24.1. The number of unbranched alkanes of at least 4 members (excludes halogenated alkanes) is 1. The van der Waals surface area contributed by atoms with Crippen molar-refractivity contribution in [3.8, 4) is 0 Å². The van der Waals surface area contributed by atoms with E-state index in [0.29, 0.717) is 50.8 Å². The summed E-state index contributed by atoms with van der Waals surface area (Å²) in [6, 6.07) is -0.196. The summed E-state index contributed by atoms with van der Waals surface area (Å²) in [6.45, 7) is 15.2. The predicted molar refractivity (Wildman–Crippen MR) is 130 cm³/mol. The van der Waals surface area contributed by atoms with Gasteiger partial charge in [0, 0.05) is 44.4 Å². The van der Waals surface area contributed by atoms with Gasteiger partial charge in [-0.1, -0.05) is 26.8 Å². The Morgan fingerprint density at radius 1 is 1.41 bits per heavy atom. The van der Waals surface area contributed by atoms with Gasteiger partial charge in [-0.15, -0.1) is 0 Å². The SMILES string of the molecule is C=C(C(C)N=C(COCCN)OC)N1CCC(C)(C(=NCCCC)C(F)=CC)C(OC)C1. The van der Waals surface area contributed by atoms with Crippen molar-refractivity contribution in [2.24, 2.45) is 21.1 Å². The Labute approximate surface area is 193 Å². The number of halogens is 1. The molecule has 0 amide bonds. The first kappa shape index (κ1) is 28.3. The third kappa shape index (κ3) is 7.67. The molecule has 0 aliphatic carbocycles. The molecule has 3 unspecified atom stereocenters. The molecule has 0 spiro atoms. The molecule has 32 heavy (non-hydrogen) atoms. The van der Waals surface area contributed by atoms with Crippen molar-refractivity contribution in [1.82, 2.24) is 4.90 Å². The van der Waals surface area contributed by atoms with Crippen molar-refractivity contribution >= 4 is 11.6 Å². The van der Waals surface area contributed by atoms with E-state index in [4.69, 9.17) is 19.9 Å². The number of piperidine rings is 1. The molecule has 1 rings (SSSR count). The molecule has 1 aliphatic heterocycles. The van der Waals surface area contributed by atoms with Crippen LogP contribution in [0.15, 0.2) is 34.2 Å². The molecule has 1 heterocycles. The number of rotatable bonds is 13. The maximum atomic E-state index is 14.8. The smallest absolute Gasteiger partial charge is 0.210 e. The van der Waals surface area contributed by atoms with E-state index >= 15 is 0 Å². The van der Waals surface area contributed by atoms with Gasteiger partial charge in [-0.25, -0.2) is 9.38 Å². The number of hydrogen-bond donors (Lipinski definition) is 1. The molecule has 0 aromatic heterocycles. The van der Waals surface area contributed by atoms with Crippen LogP contribution in [-0.2, 0) is 14.2 Å². The molecule has 3 atom stereocenters. The van der Waals surface area contributed by atoms with Crippen LogP contribution in [0.25, 0.3) is 0 Å². The van der Waals surface area contributed by atoms with E-state index in [2.05, 4.69) is 35.3 Å². The third-order valence-electron chi connectivity index (χ3n) is 6.03. The van der Waals surface area contributed by atoms with Crippen LogP contribution >= 0.6 is 0 Å². The van der Waals surface area contributed by atoms with E-state index in [0.717, 1.165) is 18.5 Å². The quantitative estimate of drug-likeness (QED) is 0.260. The van der Waals surface area contributed by atoms with E-state index in [1.165, 1.54) is 6.08 Å². The number of methoxy groups -OCH3 is 2. The van der Waals surface area contributed by atoms with Gasteiger partial charge >= 0.3 is 0 Å². The van der Waals surface area contributed by atoms with E-state index in [1.807, 2.05) is 6.92 Å². The van der Waals surface area contributed by atoms with Crippen LogP contribution in [0.1, 0.15) is 47.0 Å². The van der Waals surface area contributed by atoms with E-state index in [-0.39, 0.29) is 24.6 Å². The Bertz CT molecular complexity index is 680. The summed E-state index contributed by atoms with van der Waals surface area (Å²) in [5.41, 5.74) is 6.31. The first-order chi connectivity index (χ1) is 15.3. The molecule has 8 heteroatoms. The van der Waals surface area contributed by atoms with Gasteiger partial charge in [-0.05, 0) is 32.8 Å². The zero-order valence-electron chi connectivity index (χ0n) is 20.8. The molecule has 0 bridgehead atoms. The van der Waals surface area contributed by atoms with Crippen LogP contribution in [0.3, 0.4) is 0 Å². The fraction of sp³-hybridized carbons (Fsp3) is 0.750. The predicted octanol–water partition coefficient (Wildman–Crippen LogP) is 3.75. The van der Waals surface area contributed by atoms with Crippen LogP contribution in [0.4, 0.5) is 4.39 Å². The molecule has 0 aromatic rings. The molecule has 7 nitrogen and oxygen atoms in total. The molecule has 0 radical (unpaired) electrons. The maximum Gasteiger partial charge on any atom is 0.210 e. The first-order valence-corrected chi connectivity index (χ1v) is 11.5. The minimum absolute atomic E-state index is 0.196. The summed E-state index contributed by atoms with van der Waals surface area (Å²) in [4.78, 5) is 11.4. The minimum atomic E-state index is -0.518. The first-order valence-electron chi connectivity index (χ1n) is 11.5. The van der Waals surface area contributed by atoms with Gasteiger partial charge in [0.2, 0.25) is 5.90 Å². The van der Waals surface area contributed by atoms with Gasteiger partial charge in [0.1, 0.15) is 12.4 Å². The Morgan fingerprint density at radius 2 is 2.12 bits per heavy atom. The largest absolute Gasteiger partial charge is 0.483 e. The topological polar surface area (TPSA) is 81.7 Å². The highest BCUT2D eigenvalue weighted by atomic mass is 19.1. The van der Waals surface area contributed by atoms with Crippen molar-refractivity contribution in [2.75, 3.05) is 53.6 Å². The summed E-state index contributed by atoms with van der Waals surface area (Å²) in [5, 5.41) is 0. The zero-order valence-corrected chi connectivity index (χ0v) is 20.8. The highest BCUT2D eigenvalue weighted by Crippen LogP contribution is 2.39. The lowest BCUT2D eigenvalue weighted by Gasteiger charge is -2.47. The van der Waals surface area contributed by atoms with Crippen LogP contribution in [0.2, 0.25) is 0 Å². The number of hydrogen-bond acceptors (Lipinski definition) is 7. The molecular formula is C24H43FN4O3. The average molecular weight is 455 g/mol. The van der Waals surface area contributed by atoms with E-state index in [9.17, 15) is 4.39 Å². The normalized spacial score (nSPS) is 23.9. The fourth-order valence-electron chi connectivity index (χ4n) is 3.85. The number of allylic oxidation sites excluding steroid dienone is 2. The van der Waals surface area contributed by atoms with Gasteiger partial charge in [-0.2, -0.15) is 0 Å². The molecule has 1 fully saturated rings. The molecular weight excluding hydrogens is 411 g/mol. The van der Waals surface area contributed by atoms with Gasteiger partial charge in [-0.3, -0.25) is 4.99 Å². The van der Waals surface area contributed by atoms with Crippen LogP contribution < -0.4 is 5.73 Å². The lowest BCUT2D eigenvalue weighted by molar-refractivity contribution is -0.0216. The van der Waals surface area contributed by atoms with Gasteiger partial charge in [0.15, 0.2) is 0 Å². The third-order valence-corrected chi connectivity index (χ3v) is 6.03. The Hall–Kier alpha value is -1.77. The van der Waals surface area contributed by atoms with E-state index < -0.39 is 5.41 Å². The summed E-state index contributed by atoms with van der Waals surface area (Å²) in [5.74, 6) is 0.232. The summed E-state index contributed by atoms with van der Waals surface area (Å²) < 4.78 is 31.5. The fourth-order valence-corrected chi connectivity index (χ4v) is 3.85. The number of aliphatic imine (C=N–C) groups is 2. The lowest BCUT2D eigenvalue weighted by Crippen LogP contribution is -2.54. The summed E-state index contributed by atoms with van der Waals surface area (Å²) >= 11 is 0. The Balaban J connectivity index is 2.99. The molecule has 0 saturated carbocycles. The lowest BCUT2D eigenvalue weighted by atomic mass is 9.73. The van der Waals surface area contributed by atoms with Crippen molar-refractivity contribution in [3.63, 3.8) is 0 Å². The number of likely N-dealkylation sites (tertiary alicyclic amines) is 1. The second-order valence-corrected chi connectivity index (χ2v) is 8.29. The van der Waals surface area contributed by atoms with E-state index in [1.54, 1.807) is 21.1 Å². The van der Waals surface area contributed by atoms with Crippen molar-refractivity contribution < 1.29 is 18.6 Å². The van der Waals surface area contributed by atoms with Crippen molar-refractivity contribution in [2.45, 2.75) is 59.1 Å².